The van der Waals surface area contributed by atoms with Crippen LogP contribution in [0.2, 0.25) is 0 Å². The van der Waals surface area contributed by atoms with Gasteiger partial charge in [-0.3, -0.25) is 14.2 Å². The van der Waals surface area contributed by atoms with Gasteiger partial charge in [0.2, 0.25) is 5.91 Å². The second kappa shape index (κ2) is 8.06. The topological polar surface area (TPSA) is 64.0 Å². The molecule has 0 aliphatic heterocycles. The molecular formula is C23H18FN3O2. The molecule has 29 heavy (non-hydrogen) atoms. The Labute approximate surface area is 166 Å². The van der Waals surface area contributed by atoms with Gasteiger partial charge in [0.05, 0.1) is 29.6 Å². The van der Waals surface area contributed by atoms with E-state index < -0.39 is 5.82 Å². The zero-order valence-electron chi connectivity index (χ0n) is 15.5. The summed E-state index contributed by atoms with van der Waals surface area (Å²) in [5.74, 6) is -0.195. The van der Waals surface area contributed by atoms with Gasteiger partial charge in [-0.2, -0.15) is 0 Å². The van der Waals surface area contributed by atoms with Gasteiger partial charge in [0.25, 0.3) is 5.56 Å². The third-order valence-corrected chi connectivity index (χ3v) is 4.58. The largest absolute Gasteiger partial charge is 0.349 e. The van der Waals surface area contributed by atoms with Crippen molar-refractivity contribution >= 4 is 16.8 Å². The SMILES string of the molecule is O=C(Cc1ccccc1)NCc1nc2ccccc2c(=O)n1-c1ccc(F)cc1. The Bertz CT molecular complexity index is 1220. The molecule has 0 bridgehead atoms. The molecule has 0 spiro atoms. The number of nitrogens with zero attached hydrogens (tertiary/aromatic N) is 2. The van der Waals surface area contributed by atoms with Gasteiger partial charge in [0.1, 0.15) is 11.6 Å². The van der Waals surface area contributed by atoms with Gasteiger partial charge in [0, 0.05) is 0 Å². The predicted molar refractivity (Wildman–Crippen MR) is 109 cm³/mol. The molecule has 1 heterocycles. The van der Waals surface area contributed by atoms with E-state index in [-0.39, 0.29) is 24.4 Å². The Morgan fingerprint density at radius 3 is 2.38 bits per heavy atom. The zero-order valence-corrected chi connectivity index (χ0v) is 15.5. The lowest BCUT2D eigenvalue weighted by molar-refractivity contribution is -0.120. The van der Waals surface area contributed by atoms with Crippen molar-refractivity contribution in [1.82, 2.24) is 14.9 Å². The third kappa shape index (κ3) is 4.06. The molecule has 4 rings (SSSR count). The maximum Gasteiger partial charge on any atom is 0.266 e. The number of rotatable bonds is 5. The molecule has 1 N–H and O–H groups in total. The Hall–Kier alpha value is -3.80. The molecule has 144 valence electrons. The first-order chi connectivity index (χ1) is 14.1. The van der Waals surface area contributed by atoms with Gasteiger partial charge in [-0.05, 0) is 42.0 Å². The Morgan fingerprint density at radius 1 is 0.931 bits per heavy atom. The van der Waals surface area contributed by atoms with Crippen LogP contribution in [0.15, 0.2) is 83.7 Å². The smallest absolute Gasteiger partial charge is 0.266 e. The van der Waals surface area contributed by atoms with E-state index in [2.05, 4.69) is 10.3 Å². The lowest BCUT2D eigenvalue weighted by Gasteiger charge is -2.14. The minimum atomic E-state index is -0.395. The van der Waals surface area contributed by atoms with Crippen molar-refractivity contribution in [2.75, 3.05) is 0 Å². The van der Waals surface area contributed by atoms with Gasteiger partial charge in [-0.25, -0.2) is 9.37 Å². The number of halogens is 1. The van der Waals surface area contributed by atoms with E-state index in [0.29, 0.717) is 22.4 Å². The number of benzene rings is 3. The number of nitrogens with one attached hydrogen (secondary N) is 1. The van der Waals surface area contributed by atoms with Crippen LogP contribution in [-0.2, 0) is 17.8 Å². The summed E-state index contributed by atoms with van der Waals surface area (Å²) in [5.41, 5.74) is 1.66. The fourth-order valence-corrected chi connectivity index (χ4v) is 3.18. The quantitative estimate of drug-likeness (QED) is 0.571. The average molecular weight is 387 g/mol. The molecule has 1 amide bonds. The Morgan fingerprint density at radius 2 is 1.62 bits per heavy atom. The molecule has 0 atom stereocenters. The number of hydrogen-bond donors (Lipinski definition) is 1. The lowest BCUT2D eigenvalue weighted by atomic mass is 10.1. The summed E-state index contributed by atoms with van der Waals surface area (Å²) in [4.78, 5) is 30.0. The summed E-state index contributed by atoms with van der Waals surface area (Å²) in [6.07, 6.45) is 0.231. The summed E-state index contributed by atoms with van der Waals surface area (Å²) in [6.45, 7) is 0.0725. The first kappa shape index (κ1) is 18.6. The zero-order chi connectivity index (χ0) is 20.2. The minimum Gasteiger partial charge on any atom is -0.349 e. The van der Waals surface area contributed by atoms with Crippen LogP contribution in [-0.4, -0.2) is 15.5 Å². The first-order valence-electron chi connectivity index (χ1n) is 9.19. The molecule has 3 aromatic carbocycles. The number of fused-ring (bicyclic) bond motifs is 1. The number of carbonyl (C=O) groups is 1. The molecule has 0 aliphatic carbocycles. The van der Waals surface area contributed by atoms with Crippen molar-refractivity contribution in [1.29, 1.82) is 0 Å². The highest BCUT2D eigenvalue weighted by molar-refractivity contribution is 5.79. The number of amides is 1. The summed E-state index contributed by atoms with van der Waals surface area (Å²) in [7, 11) is 0. The van der Waals surface area contributed by atoms with Crippen molar-refractivity contribution in [3.63, 3.8) is 0 Å². The van der Waals surface area contributed by atoms with E-state index >= 15 is 0 Å². The second-order valence-electron chi connectivity index (χ2n) is 6.60. The van der Waals surface area contributed by atoms with Gasteiger partial charge in [-0.15, -0.1) is 0 Å². The molecule has 0 unspecified atom stereocenters. The molecule has 1 aromatic heterocycles. The van der Waals surface area contributed by atoms with E-state index in [4.69, 9.17) is 0 Å². The monoisotopic (exact) mass is 387 g/mol. The lowest BCUT2D eigenvalue weighted by Crippen LogP contribution is -2.31. The fourth-order valence-electron chi connectivity index (χ4n) is 3.18. The molecule has 4 aromatic rings. The van der Waals surface area contributed by atoms with Gasteiger partial charge in [0.15, 0.2) is 0 Å². The van der Waals surface area contributed by atoms with Crippen LogP contribution in [0.3, 0.4) is 0 Å². The van der Waals surface area contributed by atoms with Gasteiger partial charge in [-0.1, -0.05) is 42.5 Å². The number of carbonyl (C=O) groups excluding carboxylic acids is 1. The van der Waals surface area contributed by atoms with Crippen LogP contribution in [0.5, 0.6) is 0 Å². The van der Waals surface area contributed by atoms with E-state index in [1.807, 2.05) is 30.3 Å². The third-order valence-electron chi connectivity index (χ3n) is 4.58. The van der Waals surface area contributed by atoms with E-state index in [1.54, 1.807) is 24.3 Å². The summed E-state index contributed by atoms with van der Waals surface area (Å²) < 4.78 is 14.8. The molecule has 0 saturated carbocycles. The normalized spacial score (nSPS) is 10.8. The number of aromatic nitrogens is 2. The standard InChI is InChI=1S/C23H18FN3O2/c24-17-10-12-18(13-11-17)27-21(26-20-9-5-4-8-19(20)23(27)29)15-25-22(28)14-16-6-2-1-3-7-16/h1-13H,14-15H2,(H,25,28). The van der Waals surface area contributed by atoms with Crippen molar-refractivity contribution in [2.24, 2.45) is 0 Å². The molecule has 6 heteroatoms. The maximum atomic E-state index is 13.4. The molecule has 0 radical (unpaired) electrons. The van der Waals surface area contributed by atoms with Crippen molar-refractivity contribution < 1.29 is 9.18 Å². The minimum absolute atomic E-state index is 0.0725. The van der Waals surface area contributed by atoms with Crippen molar-refractivity contribution in [2.45, 2.75) is 13.0 Å². The molecule has 0 aliphatic rings. The number of para-hydroxylation sites is 1. The summed E-state index contributed by atoms with van der Waals surface area (Å²) in [6, 6.07) is 22.0. The van der Waals surface area contributed by atoms with Gasteiger partial charge < -0.3 is 5.32 Å². The molecular weight excluding hydrogens is 369 g/mol. The van der Waals surface area contributed by atoms with Crippen LogP contribution < -0.4 is 10.9 Å². The van der Waals surface area contributed by atoms with Crippen LogP contribution in [0.25, 0.3) is 16.6 Å². The van der Waals surface area contributed by atoms with E-state index in [1.165, 1.54) is 28.8 Å². The fraction of sp³-hybridized carbons (Fsp3) is 0.0870. The molecule has 5 nitrogen and oxygen atoms in total. The van der Waals surface area contributed by atoms with Crippen molar-refractivity contribution in [3.8, 4) is 5.69 Å². The van der Waals surface area contributed by atoms with Crippen LogP contribution >= 0.6 is 0 Å². The molecule has 0 fully saturated rings. The van der Waals surface area contributed by atoms with Crippen LogP contribution in [0, 0.1) is 5.82 Å². The van der Waals surface area contributed by atoms with Crippen LogP contribution in [0.1, 0.15) is 11.4 Å². The molecule has 0 saturated heterocycles. The van der Waals surface area contributed by atoms with E-state index in [0.717, 1.165) is 5.56 Å². The summed E-state index contributed by atoms with van der Waals surface area (Å²) in [5, 5.41) is 3.28. The Kier molecular flexibility index (Phi) is 5.16. The second-order valence-corrected chi connectivity index (χ2v) is 6.60. The number of hydrogen-bond acceptors (Lipinski definition) is 3. The maximum absolute atomic E-state index is 13.4. The highest BCUT2D eigenvalue weighted by atomic mass is 19.1. The van der Waals surface area contributed by atoms with Gasteiger partial charge >= 0.3 is 0 Å². The highest BCUT2D eigenvalue weighted by Crippen LogP contribution is 2.14. The highest BCUT2D eigenvalue weighted by Gasteiger charge is 2.14. The Balaban J connectivity index is 1.68. The van der Waals surface area contributed by atoms with Crippen molar-refractivity contribution in [3.05, 3.63) is 106 Å². The van der Waals surface area contributed by atoms with E-state index in [9.17, 15) is 14.0 Å². The van der Waals surface area contributed by atoms with Crippen LogP contribution in [0.4, 0.5) is 4.39 Å². The average Bonchev–Trinajstić information content (AvgIpc) is 2.74. The first-order valence-corrected chi connectivity index (χ1v) is 9.19. The summed E-state index contributed by atoms with van der Waals surface area (Å²) >= 11 is 0. The predicted octanol–water partition coefficient (Wildman–Crippen LogP) is 3.38.